The van der Waals surface area contributed by atoms with Gasteiger partial charge in [0.1, 0.15) is 0 Å². The van der Waals surface area contributed by atoms with Gasteiger partial charge >= 0.3 is 11.9 Å². The van der Waals surface area contributed by atoms with Gasteiger partial charge in [0, 0.05) is 0 Å². The summed E-state index contributed by atoms with van der Waals surface area (Å²) in [7, 11) is 0. The first-order valence-corrected chi connectivity index (χ1v) is 3.04. The lowest BCUT2D eigenvalue weighted by Crippen LogP contribution is -2.27. The smallest absolute Gasteiger partial charge is 0.317 e. The molecule has 3 nitrogen and oxygen atoms in total. The third-order valence-corrected chi connectivity index (χ3v) is 2.08. The molecule has 48 valence electrons. The van der Waals surface area contributed by atoms with Crippen LogP contribution in [0.4, 0.5) is 0 Å². The van der Waals surface area contributed by atoms with E-state index in [0.29, 0.717) is 0 Å². The van der Waals surface area contributed by atoms with Crippen LogP contribution in [0.3, 0.4) is 0 Å². The maximum absolute atomic E-state index is 10.6. The number of esters is 2. The van der Waals surface area contributed by atoms with Crippen LogP contribution in [-0.2, 0) is 14.3 Å². The molecule has 2 atom stereocenters. The Hall–Kier alpha value is -0.860. The fraction of sp³-hybridized carbons (Fsp3) is 0.667. The van der Waals surface area contributed by atoms with E-state index in [2.05, 4.69) is 4.74 Å². The van der Waals surface area contributed by atoms with Crippen molar-refractivity contribution in [3.05, 3.63) is 0 Å². The summed E-state index contributed by atoms with van der Waals surface area (Å²) in [5.74, 6) is -0.762. The fourth-order valence-electron chi connectivity index (χ4n) is 1.31. The SMILES string of the molecule is O=C1OC(=O)[C@@H]2CC[C@H]12. The molecule has 0 aromatic rings. The highest BCUT2D eigenvalue weighted by Gasteiger charge is 2.50. The molecule has 1 saturated carbocycles. The Morgan fingerprint density at radius 3 is 1.78 bits per heavy atom. The standard InChI is InChI=1S/C6H6O3/c7-5-3-1-2-4(3)6(8)9-5/h3-4H,1-2H2/t3-,4+. The van der Waals surface area contributed by atoms with Crippen LogP contribution >= 0.6 is 0 Å². The zero-order valence-corrected chi connectivity index (χ0v) is 4.79. The number of hydrogen-bond donors (Lipinski definition) is 0. The number of hydrogen-bond acceptors (Lipinski definition) is 3. The number of carbonyl (C=O) groups is 2. The molecule has 2 fully saturated rings. The number of carbonyl (C=O) groups excluding carboxylic acids is 2. The first-order chi connectivity index (χ1) is 4.29. The van der Waals surface area contributed by atoms with E-state index >= 15 is 0 Å². The van der Waals surface area contributed by atoms with Crippen LogP contribution < -0.4 is 0 Å². The van der Waals surface area contributed by atoms with Gasteiger partial charge in [-0.2, -0.15) is 0 Å². The van der Waals surface area contributed by atoms with Gasteiger partial charge < -0.3 is 4.74 Å². The number of fused-ring (bicyclic) bond motifs is 1. The largest absolute Gasteiger partial charge is 0.393 e. The average molecular weight is 126 g/mol. The molecule has 2 rings (SSSR count). The second-order valence-corrected chi connectivity index (χ2v) is 2.53. The van der Waals surface area contributed by atoms with Crippen LogP contribution in [0.1, 0.15) is 12.8 Å². The molecule has 0 radical (unpaired) electrons. The Bertz CT molecular complexity index is 165. The van der Waals surface area contributed by atoms with Crippen molar-refractivity contribution < 1.29 is 14.3 Å². The molecule has 0 N–H and O–H groups in total. The van der Waals surface area contributed by atoms with E-state index in [0.717, 1.165) is 12.8 Å². The Labute approximate surface area is 52.0 Å². The first-order valence-electron chi connectivity index (χ1n) is 3.04. The Morgan fingerprint density at radius 1 is 1.11 bits per heavy atom. The zero-order valence-electron chi connectivity index (χ0n) is 4.79. The molecule has 2 aliphatic rings. The average Bonchev–Trinajstić information content (AvgIpc) is 1.73. The van der Waals surface area contributed by atoms with E-state index in [1.165, 1.54) is 0 Å². The molecule has 9 heavy (non-hydrogen) atoms. The van der Waals surface area contributed by atoms with E-state index in [1.807, 2.05) is 0 Å². The van der Waals surface area contributed by atoms with Gasteiger partial charge in [-0.15, -0.1) is 0 Å². The van der Waals surface area contributed by atoms with Crippen molar-refractivity contribution in [1.29, 1.82) is 0 Å². The second kappa shape index (κ2) is 1.35. The van der Waals surface area contributed by atoms with Gasteiger partial charge in [-0.05, 0) is 12.8 Å². The normalized spacial score (nSPS) is 39.6. The third-order valence-electron chi connectivity index (χ3n) is 2.08. The summed E-state index contributed by atoms with van der Waals surface area (Å²) in [5.41, 5.74) is 0. The Morgan fingerprint density at radius 2 is 1.56 bits per heavy atom. The molecule has 1 aliphatic carbocycles. The van der Waals surface area contributed by atoms with E-state index in [1.54, 1.807) is 0 Å². The molecule has 0 amide bonds. The molecule has 3 heteroatoms. The zero-order chi connectivity index (χ0) is 6.43. The molecule has 0 bridgehead atoms. The lowest BCUT2D eigenvalue weighted by Gasteiger charge is -2.22. The Balaban J connectivity index is 2.26. The minimum atomic E-state index is -0.309. The van der Waals surface area contributed by atoms with E-state index < -0.39 is 0 Å². The lowest BCUT2D eigenvalue weighted by atomic mass is 9.76. The van der Waals surface area contributed by atoms with Crippen molar-refractivity contribution in [2.75, 3.05) is 0 Å². The first kappa shape index (κ1) is 4.97. The van der Waals surface area contributed by atoms with Crippen LogP contribution in [0.15, 0.2) is 0 Å². The maximum atomic E-state index is 10.6. The van der Waals surface area contributed by atoms with Gasteiger partial charge in [-0.1, -0.05) is 0 Å². The summed E-state index contributed by atoms with van der Waals surface area (Å²) in [6.07, 6.45) is 1.68. The molecular weight excluding hydrogens is 120 g/mol. The van der Waals surface area contributed by atoms with Crippen molar-refractivity contribution in [1.82, 2.24) is 0 Å². The van der Waals surface area contributed by atoms with E-state index in [4.69, 9.17) is 0 Å². The minimum Gasteiger partial charge on any atom is -0.393 e. The molecule has 1 saturated heterocycles. The van der Waals surface area contributed by atoms with Crippen molar-refractivity contribution in [2.24, 2.45) is 11.8 Å². The minimum absolute atomic E-state index is 0.0718. The summed E-state index contributed by atoms with van der Waals surface area (Å²) in [6, 6.07) is 0. The van der Waals surface area contributed by atoms with Crippen LogP contribution in [0.25, 0.3) is 0 Å². The predicted molar refractivity (Wildman–Crippen MR) is 27.3 cm³/mol. The van der Waals surface area contributed by atoms with Crippen LogP contribution in [0.5, 0.6) is 0 Å². The van der Waals surface area contributed by atoms with Gasteiger partial charge in [0.25, 0.3) is 0 Å². The van der Waals surface area contributed by atoms with Crippen molar-refractivity contribution in [2.45, 2.75) is 12.8 Å². The van der Waals surface area contributed by atoms with Crippen LogP contribution in [0, 0.1) is 11.8 Å². The molecule has 0 unspecified atom stereocenters. The molecule has 0 spiro atoms. The van der Waals surface area contributed by atoms with E-state index in [-0.39, 0.29) is 23.8 Å². The molecule has 0 aromatic carbocycles. The molecule has 0 aromatic heterocycles. The molecule has 1 heterocycles. The van der Waals surface area contributed by atoms with Crippen LogP contribution in [0.2, 0.25) is 0 Å². The topological polar surface area (TPSA) is 43.4 Å². The highest BCUT2D eigenvalue weighted by molar-refractivity contribution is 5.97. The molecular formula is C6H6O3. The van der Waals surface area contributed by atoms with Gasteiger partial charge in [0.2, 0.25) is 0 Å². The van der Waals surface area contributed by atoms with Crippen molar-refractivity contribution >= 4 is 11.9 Å². The number of ether oxygens (including phenoxy) is 1. The third kappa shape index (κ3) is 0.465. The van der Waals surface area contributed by atoms with Gasteiger partial charge in [0.05, 0.1) is 11.8 Å². The number of rotatable bonds is 0. The highest BCUT2D eigenvalue weighted by Crippen LogP contribution is 2.40. The van der Waals surface area contributed by atoms with E-state index in [9.17, 15) is 9.59 Å². The summed E-state index contributed by atoms with van der Waals surface area (Å²) in [4.78, 5) is 21.2. The predicted octanol–water partition coefficient (Wildman–Crippen LogP) is 0.0960. The van der Waals surface area contributed by atoms with Crippen molar-refractivity contribution in [3.63, 3.8) is 0 Å². The summed E-state index contributed by atoms with van der Waals surface area (Å²) < 4.78 is 4.37. The molecule has 1 aliphatic heterocycles. The quantitative estimate of drug-likeness (QED) is 0.341. The van der Waals surface area contributed by atoms with Crippen LogP contribution in [-0.4, -0.2) is 11.9 Å². The van der Waals surface area contributed by atoms with Gasteiger partial charge in [-0.3, -0.25) is 9.59 Å². The highest BCUT2D eigenvalue weighted by atomic mass is 16.6. The number of cyclic esters (lactones) is 2. The maximum Gasteiger partial charge on any atom is 0.317 e. The summed E-state index contributed by atoms with van der Waals surface area (Å²) >= 11 is 0. The monoisotopic (exact) mass is 126 g/mol. The lowest BCUT2D eigenvalue weighted by molar-refractivity contribution is -0.153. The summed E-state index contributed by atoms with van der Waals surface area (Å²) in [5, 5.41) is 0. The van der Waals surface area contributed by atoms with Gasteiger partial charge in [0.15, 0.2) is 0 Å². The van der Waals surface area contributed by atoms with Crippen molar-refractivity contribution in [3.8, 4) is 0 Å². The Kier molecular flexibility index (Phi) is 0.743. The fourth-order valence-corrected chi connectivity index (χ4v) is 1.31. The van der Waals surface area contributed by atoms with Gasteiger partial charge in [-0.25, -0.2) is 0 Å². The summed E-state index contributed by atoms with van der Waals surface area (Å²) in [6.45, 7) is 0. The second-order valence-electron chi connectivity index (χ2n) is 2.53.